The van der Waals surface area contributed by atoms with E-state index in [1.165, 1.54) is 6.42 Å². The lowest BCUT2D eigenvalue weighted by Crippen LogP contribution is -2.59. The third-order valence-electron chi connectivity index (χ3n) is 5.26. The maximum atomic E-state index is 11.4. The Labute approximate surface area is 111 Å². The highest BCUT2D eigenvalue weighted by atomic mass is 16.4. The second kappa shape index (κ2) is 5.20. The van der Waals surface area contributed by atoms with Crippen molar-refractivity contribution in [2.75, 3.05) is 0 Å². The fraction of sp³-hybridized carbons (Fsp3) is 0.933. The Morgan fingerprint density at radius 3 is 2.11 bits per heavy atom. The Morgan fingerprint density at radius 1 is 1.11 bits per heavy atom. The summed E-state index contributed by atoms with van der Waals surface area (Å²) in [6, 6.07) is 0.449. The fourth-order valence-electron chi connectivity index (χ4n) is 2.64. The van der Waals surface area contributed by atoms with E-state index in [2.05, 4.69) is 19.2 Å². The van der Waals surface area contributed by atoms with Gasteiger partial charge < -0.3 is 10.4 Å². The molecule has 3 atom stereocenters. The van der Waals surface area contributed by atoms with Crippen molar-refractivity contribution in [1.29, 1.82) is 0 Å². The van der Waals surface area contributed by atoms with Gasteiger partial charge >= 0.3 is 5.97 Å². The van der Waals surface area contributed by atoms with Gasteiger partial charge in [-0.25, -0.2) is 0 Å². The Bertz CT molecular complexity index is 310. The van der Waals surface area contributed by atoms with E-state index >= 15 is 0 Å². The van der Waals surface area contributed by atoms with Crippen molar-refractivity contribution >= 4 is 5.97 Å². The molecule has 0 spiro atoms. The maximum absolute atomic E-state index is 11.4. The Morgan fingerprint density at radius 2 is 1.67 bits per heavy atom. The summed E-state index contributed by atoms with van der Waals surface area (Å²) in [5.41, 5.74) is -1.16. The zero-order valence-electron chi connectivity index (χ0n) is 12.7. The number of hydrogen-bond donors (Lipinski definition) is 2. The fourth-order valence-corrected chi connectivity index (χ4v) is 2.64. The van der Waals surface area contributed by atoms with Crippen molar-refractivity contribution in [2.45, 2.75) is 72.4 Å². The Hall–Kier alpha value is -0.570. The van der Waals surface area contributed by atoms with Gasteiger partial charge in [-0.15, -0.1) is 0 Å². The van der Waals surface area contributed by atoms with Crippen LogP contribution in [0.15, 0.2) is 0 Å². The van der Waals surface area contributed by atoms with E-state index in [0.29, 0.717) is 6.04 Å². The first-order valence-corrected chi connectivity index (χ1v) is 7.09. The molecule has 0 amide bonds. The van der Waals surface area contributed by atoms with Crippen LogP contribution in [0.25, 0.3) is 0 Å². The van der Waals surface area contributed by atoms with E-state index in [1.807, 2.05) is 13.8 Å². The third-order valence-corrected chi connectivity index (χ3v) is 5.26. The minimum Gasteiger partial charge on any atom is -0.481 e. The quantitative estimate of drug-likeness (QED) is 0.810. The summed E-state index contributed by atoms with van der Waals surface area (Å²) >= 11 is 0. The highest BCUT2D eigenvalue weighted by Gasteiger charge is 2.44. The third kappa shape index (κ3) is 3.05. The molecule has 106 valence electrons. The molecule has 0 aliphatic heterocycles. The Balaban J connectivity index is 2.69. The van der Waals surface area contributed by atoms with Crippen LogP contribution in [0, 0.1) is 17.3 Å². The lowest BCUT2D eigenvalue weighted by molar-refractivity contribution is -0.151. The second-order valence-electron chi connectivity index (χ2n) is 7.16. The predicted octanol–water partition coefficient (Wildman–Crippen LogP) is 3.29. The number of aliphatic carboxylic acids is 1. The molecule has 1 aliphatic carbocycles. The predicted molar refractivity (Wildman–Crippen MR) is 74.6 cm³/mol. The average molecular weight is 255 g/mol. The smallest absolute Gasteiger partial charge is 0.310 e. The van der Waals surface area contributed by atoms with E-state index in [0.717, 1.165) is 24.7 Å². The van der Waals surface area contributed by atoms with Crippen molar-refractivity contribution in [3.63, 3.8) is 0 Å². The van der Waals surface area contributed by atoms with Gasteiger partial charge in [0.1, 0.15) is 0 Å². The molecule has 1 saturated carbocycles. The summed E-state index contributed by atoms with van der Waals surface area (Å²) in [6.07, 6.45) is 3.55. The molecular weight excluding hydrogens is 226 g/mol. The van der Waals surface area contributed by atoms with Crippen molar-refractivity contribution < 1.29 is 9.90 Å². The van der Waals surface area contributed by atoms with Crippen LogP contribution in [-0.4, -0.2) is 22.7 Å². The molecule has 2 N–H and O–H groups in total. The van der Waals surface area contributed by atoms with Gasteiger partial charge in [0.25, 0.3) is 0 Å². The lowest BCUT2D eigenvalue weighted by Gasteiger charge is -2.44. The standard InChI is InChI=1S/C15H29NO2/c1-10-7-8-12(9-11(10)2)16-15(5,6)14(3,4)13(17)18/h10-12,16H,7-9H2,1-6H3,(H,17,18). The summed E-state index contributed by atoms with van der Waals surface area (Å²) in [6.45, 7) is 12.2. The Kier molecular flexibility index (Phi) is 4.47. The SMILES string of the molecule is CC1CCC(NC(C)(C)C(C)(C)C(=O)O)CC1C. The van der Waals surface area contributed by atoms with E-state index in [4.69, 9.17) is 0 Å². The van der Waals surface area contributed by atoms with Crippen LogP contribution in [0.3, 0.4) is 0 Å². The van der Waals surface area contributed by atoms with Gasteiger partial charge in [-0.3, -0.25) is 4.79 Å². The molecule has 3 heteroatoms. The minimum absolute atomic E-state index is 0.399. The summed E-state index contributed by atoms with van der Waals surface area (Å²) < 4.78 is 0. The van der Waals surface area contributed by atoms with Gasteiger partial charge in [0.15, 0.2) is 0 Å². The normalized spacial score (nSPS) is 30.2. The molecule has 0 radical (unpaired) electrons. The summed E-state index contributed by atoms with van der Waals surface area (Å²) in [4.78, 5) is 11.4. The van der Waals surface area contributed by atoms with Crippen molar-refractivity contribution in [3.8, 4) is 0 Å². The van der Waals surface area contributed by atoms with E-state index in [-0.39, 0.29) is 0 Å². The van der Waals surface area contributed by atoms with Crippen LogP contribution in [0.5, 0.6) is 0 Å². The summed E-state index contributed by atoms with van der Waals surface area (Å²) in [7, 11) is 0. The highest BCUT2D eigenvalue weighted by molar-refractivity contribution is 5.75. The van der Waals surface area contributed by atoms with Gasteiger partial charge in [-0.2, -0.15) is 0 Å². The average Bonchev–Trinajstić information content (AvgIpc) is 2.22. The van der Waals surface area contributed by atoms with Gasteiger partial charge in [-0.05, 0) is 58.8 Å². The van der Waals surface area contributed by atoms with E-state index < -0.39 is 16.9 Å². The molecule has 18 heavy (non-hydrogen) atoms. The summed E-state index contributed by atoms with van der Waals surface area (Å²) in [5.74, 6) is 0.774. The van der Waals surface area contributed by atoms with Crippen molar-refractivity contribution in [1.82, 2.24) is 5.32 Å². The van der Waals surface area contributed by atoms with E-state index in [1.54, 1.807) is 13.8 Å². The lowest BCUT2D eigenvalue weighted by atomic mass is 9.72. The molecule has 0 aromatic rings. The number of nitrogens with one attached hydrogen (secondary N) is 1. The molecule has 3 nitrogen and oxygen atoms in total. The first kappa shape index (κ1) is 15.5. The molecule has 1 aliphatic rings. The highest BCUT2D eigenvalue weighted by Crippen LogP contribution is 2.35. The first-order chi connectivity index (χ1) is 8.08. The molecule has 1 fully saturated rings. The largest absolute Gasteiger partial charge is 0.481 e. The molecule has 0 aromatic heterocycles. The van der Waals surface area contributed by atoms with Crippen LogP contribution in [-0.2, 0) is 4.79 Å². The van der Waals surface area contributed by atoms with Crippen LogP contribution in [0.2, 0.25) is 0 Å². The van der Waals surface area contributed by atoms with Gasteiger partial charge in [0, 0.05) is 11.6 Å². The van der Waals surface area contributed by atoms with Crippen molar-refractivity contribution in [2.24, 2.45) is 17.3 Å². The number of carbonyl (C=O) groups is 1. The van der Waals surface area contributed by atoms with Gasteiger partial charge in [0.05, 0.1) is 5.41 Å². The number of carboxylic acid groups (broad SMARTS) is 1. The van der Waals surface area contributed by atoms with Crippen LogP contribution < -0.4 is 5.32 Å². The minimum atomic E-state index is -0.765. The topological polar surface area (TPSA) is 49.3 Å². The van der Waals surface area contributed by atoms with Gasteiger partial charge in [-0.1, -0.05) is 13.8 Å². The molecular formula is C15H29NO2. The van der Waals surface area contributed by atoms with E-state index in [9.17, 15) is 9.90 Å². The molecule has 3 unspecified atom stereocenters. The van der Waals surface area contributed by atoms with Crippen LogP contribution >= 0.6 is 0 Å². The number of rotatable bonds is 4. The zero-order valence-corrected chi connectivity index (χ0v) is 12.7. The molecule has 0 aromatic carbocycles. The molecule has 0 heterocycles. The monoisotopic (exact) mass is 255 g/mol. The molecule has 1 rings (SSSR count). The first-order valence-electron chi connectivity index (χ1n) is 7.09. The van der Waals surface area contributed by atoms with Gasteiger partial charge in [0.2, 0.25) is 0 Å². The number of hydrogen-bond acceptors (Lipinski definition) is 2. The van der Waals surface area contributed by atoms with Crippen LogP contribution in [0.4, 0.5) is 0 Å². The summed E-state index contributed by atoms with van der Waals surface area (Å²) in [5, 5.41) is 12.9. The second-order valence-corrected chi connectivity index (χ2v) is 7.16. The molecule has 0 saturated heterocycles. The maximum Gasteiger partial charge on any atom is 0.310 e. The van der Waals surface area contributed by atoms with Crippen LogP contribution in [0.1, 0.15) is 60.8 Å². The number of carboxylic acids is 1. The van der Waals surface area contributed by atoms with Crippen molar-refractivity contribution in [3.05, 3.63) is 0 Å². The zero-order chi connectivity index (χ0) is 14.1. The molecule has 0 bridgehead atoms.